The number of ether oxygens (including phenoxy) is 1. The topological polar surface area (TPSA) is 76.4 Å². The van der Waals surface area contributed by atoms with Gasteiger partial charge in [-0.05, 0) is 18.2 Å². The van der Waals surface area contributed by atoms with Crippen LogP contribution in [0.1, 0.15) is 0 Å². The summed E-state index contributed by atoms with van der Waals surface area (Å²) in [4.78, 5) is 11.4. The molecular formula is C11H15F2N3O2. The highest BCUT2D eigenvalue weighted by atomic mass is 19.3. The molecule has 100 valence electrons. The molecule has 0 atom stereocenters. The molecule has 0 aliphatic carbocycles. The molecule has 18 heavy (non-hydrogen) atoms. The van der Waals surface area contributed by atoms with Gasteiger partial charge in [-0.1, -0.05) is 6.07 Å². The summed E-state index contributed by atoms with van der Waals surface area (Å²) in [5.74, 6) is 0. The van der Waals surface area contributed by atoms with Crippen LogP contribution in [0.15, 0.2) is 24.3 Å². The third-order valence-electron chi connectivity index (χ3n) is 1.92. The van der Waals surface area contributed by atoms with E-state index in [0.717, 1.165) is 0 Å². The first-order valence-corrected chi connectivity index (χ1v) is 5.34. The summed E-state index contributed by atoms with van der Waals surface area (Å²) in [6.45, 7) is -0.436. The van der Waals surface area contributed by atoms with Crippen LogP contribution in [-0.4, -0.2) is 32.2 Å². The molecule has 0 unspecified atom stereocenters. The van der Waals surface area contributed by atoms with Gasteiger partial charge in [-0.15, -0.1) is 0 Å². The maximum Gasteiger partial charge on any atom is 0.319 e. The summed E-state index contributed by atoms with van der Waals surface area (Å²) >= 11 is 0. The van der Waals surface area contributed by atoms with Gasteiger partial charge in [0, 0.05) is 17.9 Å². The van der Waals surface area contributed by atoms with E-state index in [1.54, 1.807) is 24.3 Å². The molecule has 0 fully saturated rings. The zero-order valence-corrected chi connectivity index (χ0v) is 9.66. The van der Waals surface area contributed by atoms with E-state index in [0.29, 0.717) is 11.4 Å². The van der Waals surface area contributed by atoms with Gasteiger partial charge in [0.1, 0.15) is 6.61 Å². The van der Waals surface area contributed by atoms with Gasteiger partial charge in [0.2, 0.25) is 0 Å². The van der Waals surface area contributed by atoms with E-state index in [9.17, 15) is 13.6 Å². The van der Waals surface area contributed by atoms with Crippen molar-refractivity contribution in [2.24, 2.45) is 0 Å². The zero-order valence-electron chi connectivity index (χ0n) is 9.66. The number of halogens is 2. The van der Waals surface area contributed by atoms with Crippen LogP contribution in [0.25, 0.3) is 0 Å². The molecular weight excluding hydrogens is 244 g/mol. The van der Waals surface area contributed by atoms with E-state index in [4.69, 9.17) is 5.73 Å². The fraction of sp³-hybridized carbons (Fsp3) is 0.364. The molecule has 0 aromatic heterocycles. The maximum absolute atomic E-state index is 11.7. The Hall–Kier alpha value is -1.89. The lowest BCUT2D eigenvalue weighted by Gasteiger charge is -2.08. The van der Waals surface area contributed by atoms with Gasteiger partial charge >= 0.3 is 6.03 Å². The normalized spacial score (nSPS) is 10.4. The van der Waals surface area contributed by atoms with Gasteiger partial charge in [0.25, 0.3) is 6.43 Å². The zero-order chi connectivity index (χ0) is 13.4. The molecule has 0 bridgehead atoms. The third kappa shape index (κ3) is 6.00. The lowest BCUT2D eigenvalue weighted by molar-refractivity contribution is 0.0194. The van der Waals surface area contributed by atoms with Crippen LogP contribution in [0.2, 0.25) is 0 Å². The number of alkyl halides is 2. The minimum Gasteiger partial charge on any atom is -0.399 e. The molecule has 5 nitrogen and oxygen atoms in total. The van der Waals surface area contributed by atoms with Gasteiger partial charge in [0.15, 0.2) is 0 Å². The fourth-order valence-electron chi connectivity index (χ4n) is 1.20. The number of nitrogens with one attached hydrogen (secondary N) is 2. The van der Waals surface area contributed by atoms with E-state index >= 15 is 0 Å². The number of amides is 2. The second kappa shape index (κ2) is 7.44. The molecule has 0 aliphatic heterocycles. The third-order valence-corrected chi connectivity index (χ3v) is 1.92. The number of hydrogen-bond donors (Lipinski definition) is 3. The average Bonchev–Trinajstić information content (AvgIpc) is 2.28. The van der Waals surface area contributed by atoms with Crippen molar-refractivity contribution in [3.8, 4) is 0 Å². The van der Waals surface area contributed by atoms with E-state index in [-0.39, 0.29) is 13.2 Å². The molecule has 7 heteroatoms. The fourth-order valence-corrected chi connectivity index (χ4v) is 1.20. The van der Waals surface area contributed by atoms with Crippen molar-refractivity contribution in [3.63, 3.8) is 0 Å². The predicted molar refractivity (Wildman–Crippen MR) is 64.7 cm³/mol. The molecule has 2 amide bonds. The van der Waals surface area contributed by atoms with E-state index < -0.39 is 19.1 Å². The average molecular weight is 259 g/mol. The summed E-state index contributed by atoms with van der Waals surface area (Å²) in [6.07, 6.45) is -2.49. The maximum atomic E-state index is 11.7. The van der Waals surface area contributed by atoms with Gasteiger partial charge in [-0.25, -0.2) is 13.6 Å². The number of anilines is 2. The highest BCUT2D eigenvalue weighted by molar-refractivity contribution is 5.89. The van der Waals surface area contributed by atoms with Crippen LogP contribution in [0.5, 0.6) is 0 Å². The van der Waals surface area contributed by atoms with Crippen LogP contribution in [-0.2, 0) is 4.74 Å². The summed E-state index contributed by atoms with van der Waals surface area (Å²) in [7, 11) is 0. The quantitative estimate of drug-likeness (QED) is 0.537. The predicted octanol–water partition coefficient (Wildman–Crippen LogP) is 1.67. The lowest BCUT2D eigenvalue weighted by Crippen LogP contribution is -2.31. The Bertz CT molecular complexity index is 388. The molecule has 1 aromatic rings. The van der Waals surface area contributed by atoms with Crippen molar-refractivity contribution in [1.82, 2.24) is 5.32 Å². The molecule has 1 rings (SSSR count). The SMILES string of the molecule is Nc1cccc(NC(=O)NCCOCC(F)F)c1. The van der Waals surface area contributed by atoms with Gasteiger partial charge < -0.3 is 21.1 Å². The summed E-state index contributed by atoms with van der Waals surface area (Å²) in [5.41, 5.74) is 6.63. The molecule has 0 spiro atoms. The van der Waals surface area contributed by atoms with Gasteiger partial charge in [0.05, 0.1) is 6.61 Å². The molecule has 0 saturated heterocycles. The monoisotopic (exact) mass is 259 g/mol. The van der Waals surface area contributed by atoms with Crippen molar-refractivity contribution < 1.29 is 18.3 Å². The number of nitrogens with two attached hydrogens (primary N) is 1. The lowest BCUT2D eigenvalue weighted by atomic mass is 10.3. The second-order valence-electron chi connectivity index (χ2n) is 3.47. The summed E-state index contributed by atoms with van der Waals surface area (Å²) in [6, 6.07) is 6.25. The van der Waals surface area contributed by atoms with Crippen LogP contribution < -0.4 is 16.4 Å². The Morgan fingerprint density at radius 2 is 2.22 bits per heavy atom. The van der Waals surface area contributed by atoms with Crippen molar-refractivity contribution in [3.05, 3.63) is 24.3 Å². The number of rotatable bonds is 6. The Kier molecular flexibility index (Phi) is 5.86. The van der Waals surface area contributed by atoms with Gasteiger partial charge in [-0.3, -0.25) is 0 Å². The van der Waals surface area contributed by atoms with Crippen LogP contribution in [0.3, 0.4) is 0 Å². The molecule has 0 aliphatic rings. The van der Waals surface area contributed by atoms with Crippen LogP contribution in [0.4, 0.5) is 25.0 Å². The Morgan fingerprint density at radius 1 is 1.44 bits per heavy atom. The number of urea groups is 1. The van der Waals surface area contributed by atoms with Crippen LogP contribution in [0, 0.1) is 0 Å². The van der Waals surface area contributed by atoms with Gasteiger partial charge in [-0.2, -0.15) is 0 Å². The summed E-state index contributed by atoms with van der Waals surface area (Å²) in [5, 5.41) is 5.01. The molecule has 4 N–H and O–H groups in total. The Balaban J connectivity index is 2.18. The van der Waals surface area contributed by atoms with Crippen molar-refractivity contribution in [2.75, 3.05) is 30.8 Å². The minimum absolute atomic E-state index is 0.0364. The van der Waals surface area contributed by atoms with E-state index in [2.05, 4.69) is 15.4 Å². The highest BCUT2D eigenvalue weighted by Gasteiger charge is 2.03. The minimum atomic E-state index is -2.49. The standard InChI is InChI=1S/C11H15F2N3O2/c12-10(13)7-18-5-4-15-11(17)16-9-3-1-2-8(14)6-9/h1-3,6,10H,4-5,7,14H2,(H2,15,16,17). The largest absolute Gasteiger partial charge is 0.399 e. The molecule has 1 aromatic carbocycles. The first-order chi connectivity index (χ1) is 8.58. The molecule has 0 radical (unpaired) electrons. The number of nitrogen functional groups attached to an aromatic ring is 1. The highest BCUT2D eigenvalue weighted by Crippen LogP contribution is 2.11. The Labute approximate surface area is 103 Å². The van der Waals surface area contributed by atoms with Crippen molar-refractivity contribution in [1.29, 1.82) is 0 Å². The number of hydrogen-bond acceptors (Lipinski definition) is 3. The summed E-state index contributed by atoms with van der Waals surface area (Å²) < 4.78 is 28.0. The number of benzene rings is 1. The van der Waals surface area contributed by atoms with Crippen molar-refractivity contribution >= 4 is 17.4 Å². The second-order valence-corrected chi connectivity index (χ2v) is 3.47. The molecule has 0 heterocycles. The first kappa shape index (κ1) is 14.2. The number of carbonyl (C=O) groups is 1. The molecule has 0 saturated carbocycles. The van der Waals surface area contributed by atoms with Crippen LogP contribution >= 0.6 is 0 Å². The first-order valence-electron chi connectivity index (χ1n) is 5.34. The van der Waals surface area contributed by atoms with Crippen molar-refractivity contribution in [2.45, 2.75) is 6.43 Å². The Morgan fingerprint density at radius 3 is 2.89 bits per heavy atom. The smallest absolute Gasteiger partial charge is 0.319 e. The van der Waals surface area contributed by atoms with E-state index in [1.807, 2.05) is 0 Å². The number of carbonyl (C=O) groups excluding carboxylic acids is 1. The van der Waals surface area contributed by atoms with E-state index in [1.165, 1.54) is 0 Å².